The Labute approximate surface area is 108 Å². The minimum absolute atomic E-state index is 0.171. The van der Waals surface area contributed by atoms with Crippen LogP contribution in [-0.2, 0) is 11.2 Å². The second kappa shape index (κ2) is 6.05. The van der Waals surface area contributed by atoms with E-state index in [4.69, 9.17) is 5.11 Å². The molecule has 0 saturated heterocycles. The van der Waals surface area contributed by atoms with Crippen molar-refractivity contribution in [3.8, 4) is 0 Å². The number of aliphatic hydroxyl groups is 1. The van der Waals surface area contributed by atoms with Gasteiger partial charge in [0, 0.05) is 31.6 Å². The fourth-order valence-corrected chi connectivity index (χ4v) is 2.68. The molecule has 0 radical (unpaired) electrons. The van der Waals surface area contributed by atoms with Crippen LogP contribution in [0.3, 0.4) is 0 Å². The lowest BCUT2D eigenvalue weighted by Crippen LogP contribution is -2.40. The van der Waals surface area contributed by atoms with Crippen molar-refractivity contribution in [2.45, 2.75) is 38.1 Å². The molecule has 1 heterocycles. The van der Waals surface area contributed by atoms with Gasteiger partial charge in [-0.2, -0.15) is 0 Å². The van der Waals surface area contributed by atoms with Crippen LogP contribution < -0.4 is 0 Å². The minimum atomic E-state index is 0.171. The highest BCUT2D eigenvalue weighted by Gasteiger charge is 2.26. The first-order valence-corrected chi connectivity index (χ1v) is 6.69. The van der Waals surface area contributed by atoms with E-state index in [1.807, 2.05) is 30.3 Å². The van der Waals surface area contributed by atoms with Gasteiger partial charge in [-0.15, -0.1) is 0 Å². The summed E-state index contributed by atoms with van der Waals surface area (Å²) in [6.45, 7) is 0.285. The number of aromatic amines is 1. The zero-order valence-electron chi connectivity index (χ0n) is 10.9. The van der Waals surface area contributed by atoms with Gasteiger partial charge in [0.05, 0.1) is 6.42 Å². The lowest BCUT2D eigenvalue weighted by molar-refractivity contribution is -0.132. The van der Waals surface area contributed by atoms with Gasteiger partial charge in [-0.3, -0.25) is 4.79 Å². The van der Waals surface area contributed by atoms with Crippen LogP contribution in [0.1, 0.15) is 31.4 Å². The van der Waals surface area contributed by atoms with Gasteiger partial charge >= 0.3 is 0 Å². The average Bonchev–Trinajstić information content (AvgIpc) is 2.91. The molecule has 1 amide bonds. The van der Waals surface area contributed by atoms with E-state index < -0.39 is 0 Å². The van der Waals surface area contributed by atoms with Crippen molar-refractivity contribution in [3.05, 3.63) is 24.0 Å². The number of hydrogen-bond donors (Lipinski definition) is 2. The van der Waals surface area contributed by atoms with E-state index in [2.05, 4.69) is 4.98 Å². The SMILES string of the molecule is CN(C(=O)Cc1ccc[nH]1)C1CCC(CO)CC1. The highest BCUT2D eigenvalue weighted by Crippen LogP contribution is 2.26. The fourth-order valence-electron chi connectivity index (χ4n) is 2.68. The van der Waals surface area contributed by atoms with Crippen LogP contribution in [0.2, 0.25) is 0 Å². The number of nitrogens with zero attached hydrogens (tertiary/aromatic N) is 1. The summed E-state index contributed by atoms with van der Waals surface area (Å²) in [5.74, 6) is 0.609. The topological polar surface area (TPSA) is 56.3 Å². The average molecular weight is 250 g/mol. The quantitative estimate of drug-likeness (QED) is 0.852. The summed E-state index contributed by atoms with van der Waals surface area (Å²) in [6.07, 6.45) is 6.37. The summed E-state index contributed by atoms with van der Waals surface area (Å²) < 4.78 is 0. The third-order valence-electron chi connectivity index (χ3n) is 4.02. The number of hydrogen-bond acceptors (Lipinski definition) is 2. The Hall–Kier alpha value is -1.29. The Balaban J connectivity index is 1.83. The van der Waals surface area contributed by atoms with Crippen molar-refractivity contribution in [3.63, 3.8) is 0 Å². The number of amides is 1. The Morgan fingerprint density at radius 2 is 2.17 bits per heavy atom. The van der Waals surface area contributed by atoms with Gasteiger partial charge in [0.2, 0.25) is 5.91 Å². The first kappa shape index (κ1) is 13.1. The van der Waals surface area contributed by atoms with E-state index >= 15 is 0 Å². The molecule has 2 rings (SSSR count). The standard InChI is InChI=1S/C14H22N2O2/c1-16(13-6-4-11(10-17)5-7-13)14(18)9-12-3-2-8-15-12/h2-3,8,11,13,15,17H,4-7,9-10H2,1H3. The molecule has 1 aliphatic rings. The van der Waals surface area contributed by atoms with Crippen molar-refractivity contribution in [2.24, 2.45) is 5.92 Å². The number of rotatable bonds is 4. The number of H-pyrrole nitrogens is 1. The van der Waals surface area contributed by atoms with Gasteiger partial charge in [-0.05, 0) is 43.7 Å². The maximum Gasteiger partial charge on any atom is 0.228 e. The molecule has 0 spiro atoms. The summed E-state index contributed by atoms with van der Waals surface area (Å²) in [4.78, 5) is 17.1. The number of likely N-dealkylation sites (N-methyl/N-ethyl adjacent to an activating group) is 1. The van der Waals surface area contributed by atoms with Crippen LogP contribution in [0, 0.1) is 5.92 Å². The Morgan fingerprint density at radius 1 is 1.44 bits per heavy atom. The van der Waals surface area contributed by atoms with Crippen molar-refractivity contribution < 1.29 is 9.90 Å². The number of carbonyl (C=O) groups is 1. The molecule has 0 unspecified atom stereocenters. The molecule has 1 fully saturated rings. The van der Waals surface area contributed by atoms with Crippen molar-refractivity contribution in [1.29, 1.82) is 0 Å². The lowest BCUT2D eigenvalue weighted by atomic mass is 9.86. The molecule has 0 bridgehead atoms. The van der Waals surface area contributed by atoms with Gasteiger partial charge in [0.15, 0.2) is 0 Å². The molecule has 1 saturated carbocycles. The number of carbonyl (C=O) groups excluding carboxylic acids is 1. The van der Waals surface area contributed by atoms with Gasteiger partial charge in [0.25, 0.3) is 0 Å². The van der Waals surface area contributed by atoms with Crippen LogP contribution in [0.15, 0.2) is 18.3 Å². The van der Waals surface area contributed by atoms with Crippen LogP contribution in [-0.4, -0.2) is 40.6 Å². The van der Waals surface area contributed by atoms with E-state index in [0.29, 0.717) is 18.4 Å². The first-order valence-electron chi connectivity index (χ1n) is 6.69. The van der Waals surface area contributed by atoms with Crippen LogP contribution >= 0.6 is 0 Å². The van der Waals surface area contributed by atoms with E-state index in [0.717, 1.165) is 31.4 Å². The second-order valence-corrected chi connectivity index (χ2v) is 5.23. The third-order valence-corrected chi connectivity index (χ3v) is 4.02. The van der Waals surface area contributed by atoms with Crippen molar-refractivity contribution >= 4 is 5.91 Å². The third kappa shape index (κ3) is 3.13. The molecule has 1 aliphatic carbocycles. The normalized spacial score (nSPS) is 23.9. The van der Waals surface area contributed by atoms with Gasteiger partial charge in [0.1, 0.15) is 0 Å². The zero-order valence-corrected chi connectivity index (χ0v) is 10.9. The maximum atomic E-state index is 12.1. The Bertz CT molecular complexity index is 367. The summed E-state index contributed by atoms with van der Waals surface area (Å²) in [5, 5.41) is 9.11. The Morgan fingerprint density at radius 3 is 2.72 bits per heavy atom. The van der Waals surface area contributed by atoms with Crippen LogP contribution in [0.5, 0.6) is 0 Å². The van der Waals surface area contributed by atoms with Crippen molar-refractivity contribution in [2.75, 3.05) is 13.7 Å². The van der Waals surface area contributed by atoms with Crippen LogP contribution in [0.4, 0.5) is 0 Å². The van der Waals surface area contributed by atoms with Gasteiger partial charge < -0.3 is 15.0 Å². The zero-order chi connectivity index (χ0) is 13.0. The minimum Gasteiger partial charge on any atom is -0.396 e. The smallest absolute Gasteiger partial charge is 0.228 e. The monoisotopic (exact) mass is 250 g/mol. The molecule has 2 N–H and O–H groups in total. The van der Waals surface area contributed by atoms with E-state index in [9.17, 15) is 4.79 Å². The van der Waals surface area contributed by atoms with Gasteiger partial charge in [-0.1, -0.05) is 0 Å². The molecule has 4 nitrogen and oxygen atoms in total. The summed E-state index contributed by atoms with van der Waals surface area (Å²) >= 11 is 0. The highest BCUT2D eigenvalue weighted by molar-refractivity contribution is 5.78. The Kier molecular flexibility index (Phi) is 4.42. The first-order chi connectivity index (χ1) is 8.70. The summed E-state index contributed by atoms with van der Waals surface area (Å²) in [5.41, 5.74) is 0.968. The number of nitrogens with one attached hydrogen (secondary N) is 1. The molecule has 1 aromatic heterocycles. The van der Waals surface area contributed by atoms with E-state index in [1.165, 1.54) is 0 Å². The van der Waals surface area contributed by atoms with Crippen molar-refractivity contribution in [1.82, 2.24) is 9.88 Å². The highest BCUT2D eigenvalue weighted by atomic mass is 16.3. The molecular formula is C14H22N2O2. The molecule has 0 aliphatic heterocycles. The fraction of sp³-hybridized carbons (Fsp3) is 0.643. The second-order valence-electron chi connectivity index (χ2n) is 5.23. The predicted molar refractivity (Wildman–Crippen MR) is 70.1 cm³/mol. The van der Waals surface area contributed by atoms with Gasteiger partial charge in [-0.25, -0.2) is 0 Å². The predicted octanol–water partition coefficient (Wildman–Crippen LogP) is 1.57. The number of aliphatic hydroxyl groups excluding tert-OH is 1. The molecule has 18 heavy (non-hydrogen) atoms. The summed E-state index contributed by atoms with van der Waals surface area (Å²) in [6, 6.07) is 4.19. The van der Waals surface area contributed by atoms with E-state index in [-0.39, 0.29) is 12.5 Å². The molecule has 100 valence electrons. The molecule has 4 heteroatoms. The largest absolute Gasteiger partial charge is 0.396 e. The number of aromatic nitrogens is 1. The molecule has 1 aromatic rings. The molecule has 0 atom stereocenters. The maximum absolute atomic E-state index is 12.1. The van der Waals surface area contributed by atoms with Crippen LogP contribution in [0.25, 0.3) is 0 Å². The lowest BCUT2D eigenvalue weighted by Gasteiger charge is -2.34. The molecular weight excluding hydrogens is 228 g/mol. The van der Waals surface area contributed by atoms with E-state index in [1.54, 1.807) is 0 Å². The summed E-state index contributed by atoms with van der Waals surface area (Å²) in [7, 11) is 1.90. The molecule has 0 aromatic carbocycles.